The van der Waals surface area contributed by atoms with Crippen molar-refractivity contribution in [1.29, 1.82) is 0 Å². The maximum Gasteiger partial charge on any atom is 0.323 e. The zero-order valence-corrected chi connectivity index (χ0v) is 18.5. The fraction of sp³-hybridized carbons (Fsp3) is 0.348. The summed E-state index contributed by atoms with van der Waals surface area (Å²) in [4.78, 5) is 35.7. The summed E-state index contributed by atoms with van der Waals surface area (Å²) >= 11 is 0. The Morgan fingerprint density at radius 1 is 1.15 bits per heavy atom. The number of carbonyl (C=O) groups is 2. The van der Waals surface area contributed by atoms with Gasteiger partial charge in [-0.05, 0) is 31.4 Å². The number of anilines is 3. The molecule has 33 heavy (non-hydrogen) atoms. The smallest absolute Gasteiger partial charge is 0.323 e. The van der Waals surface area contributed by atoms with Gasteiger partial charge in [0.1, 0.15) is 12.1 Å². The van der Waals surface area contributed by atoms with Crippen molar-refractivity contribution in [2.75, 3.05) is 30.8 Å². The van der Waals surface area contributed by atoms with Gasteiger partial charge in [0.25, 0.3) is 0 Å². The fourth-order valence-corrected chi connectivity index (χ4v) is 3.74. The minimum atomic E-state index is -0.193. The van der Waals surface area contributed by atoms with Crippen molar-refractivity contribution < 1.29 is 14.3 Å². The summed E-state index contributed by atoms with van der Waals surface area (Å²) in [5, 5.41) is 10.5. The molecule has 10 nitrogen and oxygen atoms in total. The molecular formula is C23H25N7O3. The van der Waals surface area contributed by atoms with Crippen LogP contribution in [-0.2, 0) is 7.05 Å². The van der Waals surface area contributed by atoms with Crippen molar-refractivity contribution in [3.05, 3.63) is 42.4 Å². The first-order chi connectivity index (χ1) is 16.0. The zero-order valence-electron chi connectivity index (χ0n) is 18.5. The second-order valence-corrected chi connectivity index (χ2v) is 8.28. The molecule has 2 fully saturated rings. The van der Waals surface area contributed by atoms with E-state index in [0.29, 0.717) is 34.3 Å². The number of aromatic nitrogens is 4. The normalized spacial score (nSPS) is 15.0. The van der Waals surface area contributed by atoms with Gasteiger partial charge in [-0.3, -0.25) is 14.8 Å². The topological polar surface area (TPSA) is 114 Å². The summed E-state index contributed by atoms with van der Waals surface area (Å²) < 4.78 is 7.31. The predicted octanol–water partition coefficient (Wildman–Crippen LogP) is 3.46. The summed E-state index contributed by atoms with van der Waals surface area (Å²) in [5.41, 5.74) is 2.42. The average molecular weight is 447 g/mol. The van der Waals surface area contributed by atoms with Crippen molar-refractivity contribution in [2.45, 2.75) is 19.3 Å². The number of rotatable bonds is 7. The average Bonchev–Trinajstić information content (AvgIpc) is 3.52. The van der Waals surface area contributed by atoms with Gasteiger partial charge < -0.3 is 15.0 Å². The van der Waals surface area contributed by atoms with Gasteiger partial charge in [0, 0.05) is 38.3 Å². The number of likely N-dealkylation sites (tertiary alicyclic amines) is 1. The zero-order chi connectivity index (χ0) is 22.9. The van der Waals surface area contributed by atoms with Crippen LogP contribution in [0.3, 0.4) is 0 Å². The lowest BCUT2D eigenvalue weighted by atomic mass is 10.1. The molecule has 2 N–H and O–H groups in total. The number of pyridine rings is 1. The van der Waals surface area contributed by atoms with Crippen molar-refractivity contribution in [1.82, 2.24) is 24.6 Å². The molecule has 1 aliphatic carbocycles. The van der Waals surface area contributed by atoms with Gasteiger partial charge in [-0.1, -0.05) is 6.07 Å². The molecule has 0 bridgehead atoms. The Hall–Kier alpha value is -3.95. The predicted molar refractivity (Wildman–Crippen MR) is 123 cm³/mol. The number of nitrogens with one attached hydrogen (secondary N) is 2. The van der Waals surface area contributed by atoms with Crippen LogP contribution in [-0.4, -0.2) is 56.7 Å². The molecule has 2 amide bonds. The van der Waals surface area contributed by atoms with Crippen molar-refractivity contribution in [2.24, 2.45) is 13.0 Å². The second kappa shape index (κ2) is 8.53. The minimum Gasteiger partial charge on any atom is -0.494 e. The molecule has 3 heterocycles. The highest BCUT2D eigenvalue weighted by atomic mass is 16.5. The van der Waals surface area contributed by atoms with Crippen LogP contribution in [0.1, 0.15) is 29.6 Å². The molecule has 1 aromatic carbocycles. The molecule has 0 unspecified atom stereocenters. The number of hydrogen-bond acceptors (Lipinski definition) is 7. The van der Waals surface area contributed by atoms with Gasteiger partial charge in [0.15, 0.2) is 17.4 Å². The largest absolute Gasteiger partial charge is 0.494 e. The Morgan fingerprint density at radius 3 is 2.61 bits per heavy atom. The number of amides is 2. The first-order valence-electron chi connectivity index (χ1n) is 10.9. The second-order valence-electron chi connectivity index (χ2n) is 8.28. The van der Waals surface area contributed by atoms with E-state index in [1.165, 1.54) is 6.20 Å². The Labute approximate surface area is 191 Å². The van der Waals surface area contributed by atoms with Gasteiger partial charge in [0.05, 0.1) is 29.6 Å². The number of nitrogens with zero attached hydrogens (tertiary/aromatic N) is 5. The van der Waals surface area contributed by atoms with Crippen LogP contribution in [0.25, 0.3) is 11.4 Å². The number of carbonyl (C=O) groups excluding carboxylic acids is 2. The molecule has 2 aliphatic rings. The van der Waals surface area contributed by atoms with Crippen LogP contribution in [0, 0.1) is 5.92 Å². The summed E-state index contributed by atoms with van der Waals surface area (Å²) in [7, 11) is 3.38. The van der Waals surface area contributed by atoms with Gasteiger partial charge in [0.2, 0.25) is 0 Å². The third kappa shape index (κ3) is 4.23. The standard InChI is InChI=1S/C23H25N7O3/c1-29-13-25-22(28-29)15-5-3-6-17(21(15)33-2)26-18-11-19(27-23(32)30-9-4-10-30)24-12-16(18)20(31)14-7-8-14/h3,5-6,11-14H,4,7-10H2,1-2H3,(H2,24,26,27,32). The summed E-state index contributed by atoms with van der Waals surface area (Å²) in [6.07, 6.45) is 5.93. The van der Waals surface area contributed by atoms with Crippen LogP contribution in [0.4, 0.5) is 22.0 Å². The van der Waals surface area contributed by atoms with Gasteiger partial charge in [-0.15, -0.1) is 0 Å². The molecule has 1 aliphatic heterocycles. The highest BCUT2D eigenvalue weighted by Gasteiger charge is 2.32. The van der Waals surface area contributed by atoms with Gasteiger partial charge >= 0.3 is 6.03 Å². The van der Waals surface area contributed by atoms with Crippen molar-refractivity contribution in [3.63, 3.8) is 0 Å². The van der Waals surface area contributed by atoms with Gasteiger partial charge in [-0.25, -0.2) is 14.8 Å². The number of urea groups is 1. The molecule has 2 aromatic heterocycles. The summed E-state index contributed by atoms with van der Waals surface area (Å²) in [6, 6.07) is 7.10. The van der Waals surface area contributed by atoms with Crippen LogP contribution in [0.5, 0.6) is 5.75 Å². The van der Waals surface area contributed by atoms with E-state index < -0.39 is 0 Å². The Kier molecular flexibility index (Phi) is 5.41. The number of Topliss-reactive ketones (excluding diaryl/α,β-unsaturated/α-hetero) is 1. The van der Waals surface area contributed by atoms with Crippen LogP contribution in [0.2, 0.25) is 0 Å². The lowest BCUT2D eigenvalue weighted by molar-refractivity contribution is 0.0968. The van der Waals surface area contributed by atoms with Crippen molar-refractivity contribution in [3.8, 4) is 17.1 Å². The number of ketones is 1. The van der Waals surface area contributed by atoms with E-state index in [2.05, 4.69) is 25.7 Å². The van der Waals surface area contributed by atoms with Crippen LogP contribution >= 0.6 is 0 Å². The SMILES string of the molecule is COc1c(Nc2cc(NC(=O)N3CCC3)ncc2C(=O)C2CC2)cccc1-c1ncn(C)n1. The molecule has 1 saturated heterocycles. The molecule has 0 radical (unpaired) electrons. The highest BCUT2D eigenvalue weighted by Crippen LogP contribution is 2.39. The van der Waals surface area contributed by atoms with E-state index in [-0.39, 0.29) is 17.7 Å². The molecule has 170 valence electrons. The first-order valence-corrected chi connectivity index (χ1v) is 10.9. The number of methoxy groups -OCH3 is 1. The van der Waals surface area contributed by atoms with E-state index >= 15 is 0 Å². The molecular weight excluding hydrogens is 422 g/mol. The molecule has 0 atom stereocenters. The number of ether oxygens (including phenoxy) is 1. The van der Waals surface area contributed by atoms with E-state index in [1.807, 2.05) is 18.2 Å². The summed E-state index contributed by atoms with van der Waals surface area (Å²) in [6.45, 7) is 1.47. The van der Waals surface area contributed by atoms with E-state index in [1.54, 1.807) is 36.1 Å². The Bertz CT molecular complexity index is 1210. The highest BCUT2D eigenvalue weighted by molar-refractivity contribution is 6.05. The monoisotopic (exact) mass is 447 g/mol. The van der Waals surface area contributed by atoms with E-state index in [4.69, 9.17) is 4.74 Å². The quantitative estimate of drug-likeness (QED) is 0.533. The maximum atomic E-state index is 12.9. The lowest BCUT2D eigenvalue weighted by Gasteiger charge is -2.30. The number of hydrogen-bond donors (Lipinski definition) is 2. The molecule has 1 saturated carbocycles. The first kappa shape index (κ1) is 20.9. The Morgan fingerprint density at radius 2 is 1.97 bits per heavy atom. The number of para-hydroxylation sites is 1. The molecule has 0 spiro atoms. The molecule has 5 rings (SSSR count). The maximum absolute atomic E-state index is 12.9. The molecule has 10 heteroatoms. The third-order valence-electron chi connectivity index (χ3n) is 5.82. The number of aryl methyl sites for hydroxylation is 1. The van der Waals surface area contributed by atoms with Crippen LogP contribution in [0.15, 0.2) is 36.8 Å². The molecule has 3 aromatic rings. The van der Waals surface area contributed by atoms with Gasteiger partial charge in [-0.2, -0.15) is 5.10 Å². The fourth-order valence-electron chi connectivity index (χ4n) is 3.74. The van der Waals surface area contributed by atoms with E-state index in [9.17, 15) is 9.59 Å². The van der Waals surface area contributed by atoms with E-state index in [0.717, 1.165) is 37.9 Å². The van der Waals surface area contributed by atoms with Crippen molar-refractivity contribution >= 4 is 29.0 Å². The summed E-state index contributed by atoms with van der Waals surface area (Å²) in [5.74, 6) is 1.54. The third-order valence-corrected chi connectivity index (χ3v) is 5.82. The number of benzene rings is 1. The lowest BCUT2D eigenvalue weighted by Crippen LogP contribution is -2.44. The Balaban J connectivity index is 1.50. The van der Waals surface area contributed by atoms with Crippen LogP contribution < -0.4 is 15.4 Å². The minimum absolute atomic E-state index is 0.0276.